The smallest absolute Gasteiger partial charge is 0.303 e. The van der Waals surface area contributed by atoms with Crippen LogP contribution in [0.4, 0.5) is 0 Å². The minimum atomic E-state index is -0.856. The number of aromatic hydroxyl groups is 1. The Bertz CT molecular complexity index is 387. The molecule has 0 heterocycles. The normalized spacial score (nSPS) is 12.1. The number of rotatable bonds is 6. The van der Waals surface area contributed by atoms with Crippen molar-refractivity contribution < 1.29 is 19.7 Å². The molecule has 0 radical (unpaired) electrons. The number of phenolic OH excluding ortho intramolecular Hbond substituents is 1. The fraction of sp³-hybridized carbons (Fsp3) is 0.462. The van der Waals surface area contributed by atoms with Crippen molar-refractivity contribution in [3.8, 4) is 11.5 Å². The van der Waals surface area contributed by atoms with Crippen LogP contribution >= 0.6 is 0 Å². The Hall–Kier alpha value is -1.71. The van der Waals surface area contributed by atoms with Crippen molar-refractivity contribution in [2.75, 3.05) is 7.11 Å². The van der Waals surface area contributed by atoms with Crippen molar-refractivity contribution in [1.82, 2.24) is 0 Å². The Morgan fingerprint density at radius 1 is 1.47 bits per heavy atom. The van der Waals surface area contributed by atoms with E-state index in [1.54, 1.807) is 18.2 Å². The second-order valence-corrected chi connectivity index (χ2v) is 3.98. The van der Waals surface area contributed by atoms with Crippen LogP contribution in [0.2, 0.25) is 0 Å². The topological polar surface area (TPSA) is 66.8 Å². The van der Waals surface area contributed by atoms with Crippen LogP contribution in [0.5, 0.6) is 11.5 Å². The number of ether oxygens (including phenoxy) is 1. The van der Waals surface area contributed by atoms with Gasteiger partial charge in [0.15, 0.2) is 11.5 Å². The molecule has 1 rings (SSSR count). The Kier molecular flexibility index (Phi) is 4.82. The Balaban J connectivity index is 3.04. The second kappa shape index (κ2) is 6.13. The van der Waals surface area contributed by atoms with Crippen LogP contribution in [0, 0.1) is 0 Å². The molecule has 4 nitrogen and oxygen atoms in total. The molecule has 0 saturated carbocycles. The number of phenols is 1. The summed E-state index contributed by atoms with van der Waals surface area (Å²) in [4.78, 5) is 10.8. The van der Waals surface area contributed by atoms with E-state index in [0.29, 0.717) is 11.3 Å². The van der Waals surface area contributed by atoms with Crippen molar-refractivity contribution in [2.24, 2.45) is 0 Å². The molecule has 2 N–H and O–H groups in total. The minimum Gasteiger partial charge on any atom is -0.504 e. The largest absolute Gasteiger partial charge is 0.504 e. The second-order valence-electron chi connectivity index (χ2n) is 3.98. The third kappa shape index (κ3) is 3.37. The predicted octanol–water partition coefficient (Wildman–Crippen LogP) is 2.76. The number of benzene rings is 1. The Labute approximate surface area is 101 Å². The molecule has 1 atom stereocenters. The van der Waals surface area contributed by atoms with E-state index in [1.165, 1.54) is 7.11 Å². The lowest BCUT2D eigenvalue weighted by atomic mass is 9.90. The van der Waals surface area contributed by atoms with Crippen molar-refractivity contribution >= 4 is 5.97 Å². The molecule has 0 spiro atoms. The van der Waals surface area contributed by atoms with Crippen molar-refractivity contribution in [2.45, 2.75) is 32.1 Å². The molecular weight excluding hydrogens is 220 g/mol. The van der Waals surface area contributed by atoms with Gasteiger partial charge < -0.3 is 14.9 Å². The standard InChI is InChI=1S/C13H18O4/c1-3-5-9(8-12(14)15)10-6-4-7-11(17-2)13(10)16/h4,6-7,9,16H,3,5,8H2,1-2H3,(H,14,15). The number of para-hydroxylation sites is 1. The maximum Gasteiger partial charge on any atom is 0.303 e. The molecule has 0 aromatic heterocycles. The van der Waals surface area contributed by atoms with Crippen molar-refractivity contribution in [1.29, 1.82) is 0 Å². The zero-order chi connectivity index (χ0) is 12.8. The average Bonchev–Trinajstić information content (AvgIpc) is 2.28. The molecule has 0 aliphatic heterocycles. The van der Waals surface area contributed by atoms with Crippen LogP contribution in [0.25, 0.3) is 0 Å². The molecule has 4 heteroatoms. The number of carboxylic acids is 1. The lowest BCUT2D eigenvalue weighted by Gasteiger charge is -2.17. The average molecular weight is 238 g/mol. The molecule has 0 aliphatic rings. The summed E-state index contributed by atoms with van der Waals surface area (Å²) in [6.07, 6.45) is 1.62. The summed E-state index contributed by atoms with van der Waals surface area (Å²) >= 11 is 0. The summed E-state index contributed by atoms with van der Waals surface area (Å²) < 4.78 is 5.02. The lowest BCUT2D eigenvalue weighted by molar-refractivity contribution is -0.137. The molecule has 17 heavy (non-hydrogen) atoms. The minimum absolute atomic E-state index is 0.0224. The van der Waals surface area contributed by atoms with Crippen LogP contribution in [0.3, 0.4) is 0 Å². The highest BCUT2D eigenvalue weighted by Crippen LogP contribution is 2.37. The summed E-state index contributed by atoms with van der Waals surface area (Å²) in [6, 6.07) is 5.17. The van der Waals surface area contributed by atoms with E-state index >= 15 is 0 Å². The van der Waals surface area contributed by atoms with E-state index in [1.807, 2.05) is 6.92 Å². The summed E-state index contributed by atoms with van der Waals surface area (Å²) in [5.41, 5.74) is 0.647. The quantitative estimate of drug-likeness (QED) is 0.799. The van der Waals surface area contributed by atoms with Gasteiger partial charge in [0.25, 0.3) is 0 Å². The van der Waals surface area contributed by atoms with Gasteiger partial charge in [-0.2, -0.15) is 0 Å². The first-order valence-electron chi connectivity index (χ1n) is 5.67. The number of hydrogen-bond donors (Lipinski definition) is 2. The van der Waals surface area contributed by atoms with E-state index in [2.05, 4.69) is 0 Å². The number of methoxy groups -OCH3 is 1. The van der Waals surface area contributed by atoms with E-state index in [0.717, 1.165) is 12.8 Å². The highest BCUT2D eigenvalue weighted by atomic mass is 16.5. The third-order valence-electron chi connectivity index (χ3n) is 2.75. The first-order valence-corrected chi connectivity index (χ1v) is 5.67. The highest BCUT2D eigenvalue weighted by Gasteiger charge is 2.19. The Morgan fingerprint density at radius 2 is 2.18 bits per heavy atom. The lowest BCUT2D eigenvalue weighted by Crippen LogP contribution is -2.07. The van der Waals surface area contributed by atoms with E-state index in [-0.39, 0.29) is 18.1 Å². The van der Waals surface area contributed by atoms with Crippen LogP contribution in [-0.2, 0) is 4.79 Å². The summed E-state index contributed by atoms with van der Waals surface area (Å²) in [5.74, 6) is -0.595. The number of hydrogen-bond acceptors (Lipinski definition) is 3. The first kappa shape index (κ1) is 13.4. The molecule has 0 amide bonds. The predicted molar refractivity (Wildman–Crippen MR) is 64.6 cm³/mol. The van der Waals surface area contributed by atoms with Gasteiger partial charge in [-0.1, -0.05) is 25.5 Å². The molecule has 1 aromatic rings. The molecule has 0 fully saturated rings. The van der Waals surface area contributed by atoms with Gasteiger partial charge >= 0.3 is 5.97 Å². The molecule has 1 unspecified atom stereocenters. The van der Waals surface area contributed by atoms with Gasteiger partial charge in [-0.05, 0) is 18.4 Å². The van der Waals surface area contributed by atoms with Gasteiger partial charge in [0.05, 0.1) is 13.5 Å². The summed E-state index contributed by atoms with van der Waals surface area (Å²) in [5, 5.41) is 18.9. The van der Waals surface area contributed by atoms with Crippen LogP contribution < -0.4 is 4.74 Å². The maximum absolute atomic E-state index is 10.8. The fourth-order valence-corrected chi connectivity index (χ4v) is 1.96. The number of aliphatic carboxylic acids is 1. The third-order valence-corrected chi connectivity index (χ3v) is 2.75. The van der Waals surface area contributed by atoms with E-state index in [9.17, 15) is 9.90 Å². The maximum atomic E-state index is 10.8. The molecule has 0 saturated heterocycles. The summed E-state index contributed by atoms with van der Waals surface area (Å²) in [7, 11) is 1.48. The van der Waals surface area contributed by atoms with Crippen molar-refractivity contribution in [3.63, 3.8) is 0 Å². The SMILES string of the molecule is CCCC(CC(=O)O)c1cccc(OC)c1O. The fourth-order valence-electron chi connectivity index (χ4n) is 1.96. The van der Waals surface area contributed by atoms with Crippen LogP contribution in [0.15, 0.2) is 18.2 Å². The van der Waals surface area contributed by atoms with E-state index in [4.69, 9.17) is 9.84 Å². The molecule has 1 aromatic carbocycles. The monoisotopic (exact) mass is 238 g/mol. The Morgan fingerprint density at radius 3 is 2.71 bits per heavy atom. The number of carbonyl (C=O) groups is 1. The van der Waals surface area contributed by atoms with Gasteiger partial charge in [-0.3, -0.25) is 4.79 Å². The van der Waals surface area contributed by atoms with Crippen molar-refractivity contribution in [3.05, 3.63) is 23.8 Å². The van der Waals surface area contributed by atoms with Crippen LogP contribution in [0.1, 0.15) is 37.7 Å². The van der Waals surface area contributed by atoms with Gasteiger partial charge in [-0.25, -0.2) is 0 Å². The molecule has 94 valence electrons. The van der Waals surface area contributed by atoms with E-state index < -0.39 is 5.97 Å². The zero-order valence-corrected chi connectivity index (χ0v) is 10.1. The van der Waals surface area contributed by atoms with Gasteiger partial charge in [0.2, 0.25) is 0 Å². The number of carboxylic acid groups (broad SMARTS) is 1. The molecule has 0 aliphatic carbocycles. The summed E-state index contributed by atoms with van der Waals surface area (Å²) in [6.45, 7) is 1.99. The first-order chi connectivity index (χ1) is 8.10. The van der Waals surface area contributed by atoms with Gasteiger partial charge in [-0.15, -0.1) is 0 Å². The van der Waals surface area contributed by atoms with Gasteiger partial charge in [0.1, 0.15) is 0 Å². The molecular formula is C13H18O4. The highest BCUT2D eigenvalue weighted by molar-refractivity contribution is 5.68. The van der Waals surface area contributed by atoms with Crippen LogP contribution in [-0.4, -0.2) is 23.3 Å². The zero-order valence-electron chi connectivity index (χ0n) is 10.1. The van der Waals surface area contributed by atoms with Gasteiger partial charge in [0, 0.05) is 5.56 Å². The molecule has 0 bridgehead atoms.